The summed E-state index contributed by atoms with van der Waals surface area (Å²) in [6.07, 6.45) is 5.63. The van der Waals surface area contributed by atoms with Crippen LogP contribution in [0.1, 0.15) is 19.4 Å². The van der Waals surface area contributed by atoms with E-state index < -0.39 is 20.0 Å². The lowest BCUT2D eigenvalue weighted by atomic mass is 10.1. The number of rotatable bonds is 4. The molecule has 11 heteroatoms. The number of hydrogen-bond acceptors (Lipinski definition) is 7. The highest BCUT2D eigenvalue weighted by Crippen LogP contribution is 2.26. The van der Waals surface area contributed by atoms with Gasteiger partial charge >= 0.3 is 0 Å². The fourth-order valence-electron chi connectivity index (χ4n) is 2.22. The van der Waals surface area contributed by atoms with Crippen LogP contribution in [0.3, 0.4) is 0 Å². The van der Waals surface area contributed by atoms with Crippen LogP contribution in [0.15, 0.2) is 36.3 Å². The summed E-state index contributed by atoms with van der Waals surface area (Å²) in [5.74, 6) is -0.751. The molecule has 10 nitrogen and oxygen atoms in total. The van der Waals surface area contributed by atoms with Crippen molar-refractivity contribution in [2.75, 3.05) is 11.1 Å². The van der Waals surface area contributed by atoms with Gasteiger partial charge in [0.2, 0.25) is 5.95 Å². The van der Waals surface area contributed by atoms with Crippen molar-refractivity contribution in [3.05, 3.63) is 41.9 Å². The van der Waals surface area contributed by atoms with Gasteiger partial charge in [0, 0.05) is 36.7 Å². The number of carboxylic acids is 2. The molecule has 0 radical (unpaired) electrons. The number of nitrogens with two attached hydrogens (primary N) is 1. The van der Waals surface area contributed by atoms with Gasteiger partial charge in [-0.3, -0.25) is 14.7 Å². The summed E-state index contributed by atoms with van der Waals surface area (Å²) < 4.78 is 0. The van der Waals surface area contributed by atoms with Crippen LogP contribution in [0.4, 0.5) is 17.5 Å². The Hall–Kier alpha value is -3.73. The molecular formula is C20H28N6O4Si. The fourth-order valence-corrected chi connectivity index (χ4v) is 2.90. The molecule has 0 amide bonds. The standard InChI is InChI=1S/C16H20N6Si.2C2H4O2/c1-23(2,3)7-5-11-8-13(9-12-10-19-22-15(11)12)20-14-4-6-18-16(17)21-14;2*1-2(3)4/h4-10H,1-3H3,(H,19,22)(H3,17,18,20,21);2*1H3,(H,3,4)/b7-5+;;. The normalized spacial score (nSPS) is 10.6. The van der Waals surface area contributed by atoms with Gasteiger partial charge in [0.15, 0.2) is 0 Å². The molecule has 0 aliphatic carbocycles. The molecule has 0 fully saturated rings. The van der Waals surface area contributed by atoms with Gasteiger partial charge in [-0.1, -0.05) is 31.4 Å². The van der Waals surface area contributed by atoms with Gasteiger partial charge in [0.1, 0.15) is 5.82 Å². The molecule has 0 atom stereocenters. The second kappa shape index (κ2) is 11.5. The van der Waals surface area contributed by atoms with E-state index in [2.05, 4.69) is 63.0 Å². The van der Waals surface area contributed by atoms with Gasteiger partial charge in [-0.15, -0.1) is 0 Å². The molecule has 0 spiro atoms. The maximum atomic E-state index is 9.00. The minimum atomic E-state index is -1.28. The summed E-state index contributed by atoms with van der Waals surface area (Å²) >= 11 is 0. The first-order chi connectivity index (χ1) is 14.4. The number of H-pyrrole nitrogens is 1. The Morgan fingerprint density at radius 2 is 1.77 bits per heavy atom. The molecular weight excluding hydrogens is 416 g/mol. The number of carbonyl (C=O) groups is 2. The predicted molar refractivity (Wildman–Crippen MR) is 125 cm³/mol. The van der Waals surface area contributed by atoms with E-state index in [0.29, 0.717) is 5.82 Å². The number of aliphatic carboxylic acids is 2. The summed E-state index contributed by atoms with van der Waals surface area (Å²) in [6, 6.07) is 5.89. The van der Waals surface area contributed by atoms with E-state index in [9.17, 15) is 0 Å². The molecule has 0 saturated carbocycles. The van der Waals surface area contributed by atoms with E-state index in [-0.39, 0.29) is 5.95 Å². The zero-order valence-electron chi connectivity index (χ0n) is 18.2. The number of aromatic nitrogens is 4. The van der Waals surface area contributed by atoms with Crippen molar-refractivity contribution in [2.24, 2.45) is 0 Å². The van der Waals surface area contributed by atoms with Gasteiger partial charge in [-0.25, -0.2) is 4.98 Å². The first kappa shape index (κ1) is 25.3. The summed E-state index contributed by atoms with van der Waals surface area (Å²) in [5.41, 5.74) is 11.0. The zero-order valence-corrected chi connectivity index (χ0v) is 19.2. The lowest BCUT2D eigenvalue weighted by Crippen LogP contribution is -2.15. The van der Waals surface area contributed by atoms with Crippen molar-refractivity contribution in [1.82, 2.24) is 20.2 Å². The number of carboxylic acid groups (broad SMARTS) is 2. The van der Waals surface area contributed by atoms with E-state index in [0.717, 1.165) is 36.0 Å². The molecule has 1 aromatic carbocycles. The van der Waals surface area contributed by atoms with Crippen molar-refractivity contribution in [1.29, 1.82) is 0 Å². The first-order valence-corrected chi connectivity index (χ1v) is 12.9. The number of anilines is 3. The highest BCUT2D eigenvalue weighted by Gasteiger charge is 2.09. The third-order valence-corrected chi connectivity index (χ3v) is 4.46. The Bertz CT molecular complexity index is 1040. The van der Waals surface area contributed by atoms with Gasteiger partial charge in [0.05, 0.1) is 19.8 Å². The molecule has 2 heterocycles. The molecule has 3 rings (SSSR count). The summed E-state index contributed by atoms with van der Waals surface area (Å²) in [7, 11) is -1.28. The van der Waals surface area contributed by atoms with E-state index in [4.69, 9.17) is 25.5 Å². The lowest BCUT2D eigenvalue weighted by molar-refractivity contribution is -0.135. The highest BCUT2D eigenvalue weighted by atomic mass is 28.3. The molecule has 0 saturated heterocycles. The van der Waals surface area contributed by atoms with Gasteiger partial charge in [-0.05, 0) is 18.2 Å². The van der Waals surface area contributed by atoms with Crippen LogP contribution in [0.5, 0.6) is 0 Å². The van der Waals surface area contributed by atoms with Crippen LogP contribution >= 0.6 is 0 Å². The highest BCUT2D eigenvalue weighted by molar-refractivity contribution is 6.81. The Labute approximate surface area is 181 Å². The van der Waals surface area contributed by atoms with Crippen LogP contribution in [0.25, 0.3) is 17.0 Å². The minimum Gasteiger partial charge on any atom is -0.481 e. The average Bonchev–Trinajstić information content (AvgIpc) is 3.06. The minimum absolute atomic E-state index is 0.248. The van der Waals surface area contributed by atoms with Crippen molar-refractivity contribution in [2.45, 2.75) is 33.5 Å². The first-order valence-electron chi connectivity index (χ1n) is 9.28. The zero-order chi connectivity index (χ0) is 23.6. The maximum absolute atomic E-state index is 9.00. The van der Waals surface area contributed by atoms with E-state index in [1.807, 2.05) is 12.3 Å². The average molecular weight is 445 g/mol. The molecule has 3 aromatic rings. The summed E-state index contributed by atoms with van der Waals surface area (Å²) in [6.45, 7) is 9.08. The third-order valence-electron chi connectivity index (χ3n) is 3.29. The Kier molecular flexibility index (Phi) is 9.35. The summed E-state index contributed by atoms with van der Waals surface area (Å²) in [5, 5.41) is 26.4. The largest absolute Gasteiger partial charge is 0.481 e. The molecule has 0 bridgehead atoms. The topological polar surface area (TPSA) is 167 Å². The second-order valence-electron chi connectivity index (χ2n) is 7.56. The lowest BCUT2D eigenvalue weighted by Gasteiger charge is -2.10. The van der Waals surface area contributed by atoms with Crippen molar-refractivity contribution in [3.8, 4) is 0 Å². The molecule has 0 aliphatic heterocycles. The van der Waals surface area contributed by atoms with Crippen LogP contribution < -0.4 is 11.1 Å². The van der Waals surface area contributed by atoms with Gasteiger partial charge in [0.25, 0.3) is 11.9 Å². The number of hydrogen-bond donors (Lipinski definition) is 5. The summed E-state index contributed by atoms with van der Waals surface area (Å²) in [4.78, 5) is 26.1. The molecule has 2 aromatic heterocycles. The van der Waals surface area contributed by atoms with Crippen molar-refractivity contribution >= 4 is 54.4 Å². The van der Waals surface area contributed by atoms with Gasteiger partial charge < -0.3 is 21.3 Å². The molecule has 0 aliphatic rings. The maximum Gasteiger partial charge on any atom is 0.300 e. The van der Waals surface area contributed by atoms with Crippen LogP contribution in [0, 0.1) is 0 Å². The van der Waals surface area contributed by atoms with E-state index in [1.54, 1.807) is 12.3 Å². The third kappa shape index (κ3) is 10.6. The molecule has 0 unspecified atom stereocenters. The number of fused-ring (bicyclic) bond motifs is 1. The monoisotopic (exact) mass is 444 g/mol. The van der Waals surface area contributed by atoms with E-state index >= 15 is 0 Å². The second-order valence-corrected chi connectivity index (χ2v) is 12.6. The van der Waals surface area contributed by atoms with E-state index in [1.165, 1.54) is 0 Å². The fraction of sp³-hybridized carbons (Fsp3) is 0.250. The molecule has 31 heavy (non-hydrogen) atoms. The number of nitrogens with one attached hydrogen (secondary N) is 2. The predicted octanol–water partition coefficient (Wildman–Crippen LogP) is 3.75. The SMILES string of the molecule is CC(=O)O.CC(=O)O.C[Si](C)(C)/C=C/c1cc(Nc2ccnc(N)n2)cc2cn[nH]c12. The quantitative estimate of drug-likeness (QED) is 0.376. The smallest absolute Gasteiger partial charge is 0.300 e. The van der Waals surface area contributed by atoms with Crippen LogP contribution in [-0.4, -0.2) is 50.4 Å². The number of nitrogens with zero attached hydrogens (tertiary/aromatic N) is 3. The molecule has 6 N–H and O–H groups in total. The van der Waals surface area contributed by atoms with Crippen molar-refractivity contribution in [3.63, 3.8) is 0 Å². The van der Waals surface area contributed by atoms with Gasteiger partial charge in [-0.2, -0.15) is 10.1 Å². The Morgan fingerprint density at radius 3 is 2.32 bits per heavy atom. The van der Waals surface area contributed by atoms with Crippen molar-refractivity contribution < 1.29 is 19.8 Å². The Morgan fingerprint density at radius 1 is 1.16 bits per heavy atom. The Balaban J connectivity index is 0.000000519. The number of aromatic amines is 1. The molecule has 166 valence electrons. The number of nitrogen functional groups attached to an aromatic ring is 1. The van der Waals surface area contributed by atoms with Crippen LogP contribution in [0.2, 0.25) is 19.6 Å². The van der Waals surface area contributed by atoms with Crippen LogP contribution in [-0.2, 0) is 9.59 Å². The number of benzene rings is 1.